The molecule has 0 bridgehead atoms. The summed E-state index contributed by atoms with van der Waals surface area (Å²) in [6.07, 6.45) is 8.02. The van der Waals surface area contributed by atoms with Crippen LogP contribution in [-0.4, -0.2) is 66.1 Å². The SMILES string of the molecule is CC(C)Oc1cc2nn(C3CCN(C(=O)OC(C)(C)C)CC3)cc2cc1NC(=O)c1cnn2cccnc12. The Bertz CT molecular complexity index is 1480. The van der Waals surface area contributed by atoms with Crippen LogP contribution in [0, 0.1) is 0 Å². The van der Waals surface area contributed by atoms with Crippen molar-refractivity contribution in [1.29, 1.82) is 0 Å². The molecule has 4 heterocycles. The number of nitrogens with zero attached hydrogens (tertiary/aromatic N) is 6. The first-order valence-corrected chi connectivity index (χ1v) is 12.8. The Balaban J connectivity index is 1.36. The molecule has 0 saturated carbocycles. The van der Waals surface area contributed by atoms with E-state index in [-0.39, 0.29) is 24.1 Å². The van der Waals surface area contributed by atoms with Crippen molar-refractivity contribution in [2.45, 2.75) is 65.2 Å². The summed E-state index contributed by atoms with van der Waals surface area (Å²) in [4.78, 5) is 31.6. The van der Waals surface area contributed by atoms with Gasteiger partial charge in [-0.15, -0.1) is 0 Å². The minimum atomic E-state index is -0.516. The third-order valence-corrected chi connectivity index (χ3v) is 6.25. The van der Waals surface area contributed by atoms with Gasteiger partial charge in [-0.3, -0.25) is 9.48 Å². The van der Waals surface area contributed by atoms with Crippen molar-refractivity contribution in [1.82, 2.24) is 29.3 Å². The molecule has 0 atom stereocenters. The molecule has 1 aliphatic rings. The van der Waals surface area contributed by atoms with Crippen molar-refractivity contribution in [2.75, 3.05) is 18.4 Å². The van der Waals surface area contributed by atoms with Crippen LogP contribution in [-0.2, 0) is 4.74 Å². The number of amides is 2. The normalized spacial score (nSPS) is 14.8. The van der Waals surface area contributed by atoms with Crippen LogP contribution >= 0.6 is 0 Å². The van der Waals surface area contributed by atoms with Crippen LogP contribution in [0.4, 0.5) is 10.5 Å². The van der Waals surface area contributed by atoms with Gasteiger partial charge >= 0.3 is 6.09 Å². The average Bonchev–Trinajstić information content (AvgIpc) is 3.47. The Labute approximate surface area is 220 Å². The molecule has 11 heteroatoms. The van der Waals surface area contributed by atoms with E-state index >= 15 is 0 Å². The zero-order valence-electron chi connectivity index (χ0n) is 22.3. The van der Waals surface area contributed by atoms with Crippen molar-refractivity contribution in [3.8, 4) is 5.75 Å². The van der Waals surface area contributed by atoms with Crippen LogP contribution in [0.15, 0.2) is 43.0 Å². The number of fused-ring (bicyclic) bond motifs is 2. The summed E-state index contributed by atoms with van der Waals surface area (Å²) in [5, 5.41) is 12.9. The van der Waals surface area contributed by atoms with Crippen LogP contribution in [0.3, 0.4) is 0 Å². The highest BCUT2D eigenvalue weighted by molar-refractivity contribution is 6.09. The number of carbonyl (C=O) groups excluding carboxylic acids is 2. The summed E-state index contributed by atoms with van der Waals surface area (Å²) < 4.78 is 15.1. The Kier molecular flexibility index (Phi) is 6.68. The Morgan fingerprint density at radius 1 is 1.16 bits per heavy atom. The number of piperidine rings is 1. The predicted octanol–water partition coefficient (Wildman–Crippen LogP) is 4.69. The van der Waals surface area contributed by atoms with Crippen molar-refractivity contribution < 1.29 is 19.1 Å². The molecule has 1 N–H and O–H groups in total. The molecular weight excluding hydrogens is 486 g/mol. The molecule has 0 radical (unpaired) electrons. The second-order valence-electron chi connectivity index (χ2n) is 10.8. The number of hydrogen-bond donors (Lipinski definition) is 1. The van der Waals surface area contributed by atoms with E-state index in [0.717, 1.165) is 23.7 Å². The van der Waals surface area contributed by atoms with Gasteiger partial charge in [0.1, 0.15) is 16.9 Å². The molecule has 1 aromatic carbocycles. The second kappa shape index (κ2) is 9.96. The quantitative estimate of drug-likeness (QED) is 0.407. The topological polar surface area (TPSA) is 116 Å². The molecule has 0 spiro atoms. The van der Waals surface area contributed by atoms with E-state index in [0.29, 0.717) is 35.7 Å². The van der Waals surface area contributed by atoms with Crippen molar-refractivity contribution >= 4 is 34.2 Å². The van der Waals surface area contributed by atoms with Crippen molar-refractivity contribution in [2.24, 2.45) is 0 Å². The van der Waals surface area contributed by atoms with Gasteiger partial charge in [0, 0.05) is 43.1 Å². The van der Waals surface area contributed by atoms with Gasteiger partial charge in [0.2, 0.25) is 0 Å². The van der Waals surface area contributed by atoms with Gasteiger partial charge in [-0.1, -0.05) is 0 Å². The summed E-state index contributed by atoms with van der Waals surface area (Å²) in [7, 11) is 0. The fourth-order valence-electron chi connectivity index (χ4n) is 4.52. The Morgan fingerprint density at radius 3 is 2.63 bits per heavy atom. The van der Waals surface area contributed by atoms with Gasteiger partial charge in [-0.2, -0.15) is 10.2 Å². The lowest BCUT2D eigenvalue weighted by molar-refractivity contribution is 0.0185. The first-order chi connectivity index (χ1) is 18.1. The van der Waals surface area contributed by atoms with Gasteiger partial charge in [0.15, 0.2) is 5.65 Å². The lowest BCUT2D eigenvalue weighted by atomic mass is 10.1. The van der Waals surface area contributed by atoms with Gasteiger partial charge in [0.05, 0.1) is 29.5 Å². The summed E-state index contributed by atoms with van der Waals surface area (Å²) in [6.45, 7) is 10.7. The second-order valence-corrected chi connectivity index (χ2v) is 10.8. The maximum absolute atomic E-state index is 13.2. The number of carbonyl (C=O) groups is 2. The zero-order chi connectivity index (χ0) is 27.0. The smallest absolute Gasteiger partial charge is 0.410 e. The molecule has 4 aromatic rings. The summed E-state index contributed by atoms with van der Waals surface area (Å²) >= 11 is 0. The highest BCUT2D eigenvalue weighted by Crippen LogP contribution is 2.33. The van der Waals surface area contributed by atoms with Crippen LogP contribution in [0.5, 0.6) is 5.75 Å². The van der Waals surface area contributed by atoms with E-state index in [1.165, 1.54) is 6.20 Å². The summed E-state index contributed by atoms with van der Waals surface area (Å²) in [6, 6.07) is 5.64. The van der Waals surface area contributed by atoms with Crippen LogP contribution in [0.2, 0.25) is 0 Å². The summed E-state index contributed by atoms with van der Waals surface area (Å²) in [5.74, 6) is 0.212. The molecule has 38 heavy (non-hydrogen) atoms. The fraction of sp³-hybridized carbons (Fsp3) is 0.444. The number of rotatable bonds is 5. The molecule has 200 valence electrons. The van der Waals surface area contributed by atoms with Gasteiger partial charge in [0.25, 0.3) is 5.91 Å². The molecule has 1 saturated heterocycles. The van der Waals surface area contributed by atoms with E-state index < -0.39 is 5.60 Å². The molecule has 1 fully saturated rings. The molecule has 11 nitrogen and oxygen atoms in total. The first kappa shape index (κ1) is 25.5. The molecule has 1 aliphatic heterocycles. The third-order valence-electron chi connectivity index (χ3n) is 6.25. The van der Waals surface area contributed by atoms with Gasteiger partial charge in [-0.05, 0) is 59.6 Å². The van der Waals surface area contributed by atoms with Crippen molar-refractivity contribution in [3.05, 3.63) is 48.5 Å². The number of aromatic nitrogens is 5. The fourth-order valence-corrected chi connectivity index (χ4v) is 4.52. The number of hydrogen-bond acceptors (Lipinski definition) is 7. The third kappa shape index (κ3) is 5.41. The minimum Gasteiger partial charge on any atom is -0.489 e. The molecule has 0 aliphatic carbocycles. The predicted molar refractivity (Wildman–Crippen MR) is 143 cm³/mol. The van der Waals surface area contributed by atoms with Crippen LogP contribution in [0.1, 0.15) is 63.9 Å². The highest BCUT2D eigenvalue weighted by atomic mass is 16.6. The minimum absolute atomic E-state index is 0.0963. The standard InChI is InChI=1S/C27H33N7O4/c1-17(2)37-23-14-21-18(13-22(23)30-25(35)20-15-29-33-10-6-9-28-24(20)33)16-34(31-21)19-7-11-32(12-8-19)26(36)38-27(3,4)5/h6,9-10,13-17,19H,7-8,11-12H2,1-5H3,(H,30,35). The van der Waals surface area contributed by atoms with Crippen molar-refractivity contribution in [3.63, 3.8) is 0 Å². The van der Waals surface area contributed by atoms with E-state index in [9.17, 15) is 9.59 Å². The summed E-state index contributed by atoms with van der Waals surface area (Å²) in [5.41, 5.74) is 1.64. The largest absolute Gasteiger partial charge is 0.489 e. The van der Waals surface area contributed by atoms with E-state index in [1.54, 1.807) is 27.9 Å². The zero-order valence-corrected chi connectivity index (χ0v) is 22.3. The monoisotopic (exact) mass is 519 g/mol. The molecule has 0 unspecified atom stereocenters. The van der Waals surface area contributed by atoms with E-state index in [4.69, 9.17) is 14.6 Å². The lowest BCUT2D eigenvalue weighted by Gasteiger charge is -2.33. The number of ether oxygens (including phenoxy) is 2. The molecular formula is C27H33N7O4. The van der Waals surface area contributed by atoms with Gasteiger partial charge < -0.3 is 19.7 Å². The lowest BCUT2D eigenvalue weighted by Crippen LogP contribution is -2.42. The van der Waals surface area contributed by atoms with E-state index in [1.807, 2.05) is 57.6 Å². The number of likely N-dealkylation sites (tertiary alicyclic amines) is 1. The number of anilines is 1. The maximum atomic E-state index is 13.2. The number of benzene rings is 1. The van der Waals surface area contributed by atoms with Gasteiger partial charge in [-0.25, -0.2) is 14.3 Å². The van der Waals surface area contributed by atoms with E-state index in [2.05, 4.69) is 15.4 Å². The number of nitrogens with one attached hydrogen (secondary N) is 1. The Hall–Kier alpha value is -4.15. The highest BCUT2D eigenvalue weighted by Gasteiger charge is 2.28. The molecule has 3 aromatic heterocycles. The van der Waals surface area contributed by atoms with Crippen LogP contribution in [0.25, 0.3) is 16.6 Å². The van der Waals surface area contributed by atoms with Crippen LogP contribution < -0.4 is 10.1 Å². The first-order valence-electron chi connectivity index (χ1n) is 12.8. The average molecular weight is 520 g/mol. The maximum Gasteiger partial charge on any atom is 0.410 e. The molecule has 2 amide bonds. The Morgan fingerprint density at radius 2 is 1.92 bits per heavy atom. The molecule has 5 rings (SSSR count).